The smallest absolute Gasteiger partial charge is 0.293 e. The fourth-order valence-electron chi connectivity index (χ4n) is 2.49. The zero-order valence-electron chi connectivity index (χ0n) is 11.5. The fourth-order valence-corrected chi connectivity index (χ4v) is 2.49. The predicted octanol–water partition coefficient (Wildman–Crippen LogP) is 2.81. The molecule has 1 fully saturated rings. The summed E-state index contributed by atoms with van der Waals surface area (Å²) in [7, 11) is 0. The average Bonchev–Trinajstić information content (AvgIpc) is 3.17. The van der Waals surface area contributed by atoms with Crippen molar-refractivity contribution in [1.29, 1.82) is 0 Å². The highest BCUT2D eigenvalue weighted by molar-refractivity contribution is 5.32. The molecule has 0 radical (unpaired) electrons. The van der Waals surface area contributed by atoms with Crippen LogP contribution in [0.4, 0.5) is 5.82 Å². The van der Waals surface area contributed by atoms with E-state index in [1.807, 2.05) is 4.57 Å². The molecule has 0 aromatic carbocycles. The summed E-state index contributed by atoms with van der Waals surface area (Å²) in [4.78, 5) is 16.4. The number of anilines is 1. The molecule has 0 saturated heterocycles. The lowest BCUT2D eigenvalue weighted by Gasteiger charge is -2.22. The van der Waals surface area contributed by atoms with Crippen molar-refractivity contribution < 1.29 is 0 Å². The molecule has 4 nitrogen and oxygen atoms in total. The number of aromatic nitrogens is 2. The third kappa shape index (κ3) is 2.74. The molecule has 1 aromatic rings. The molecule has 100 valence electrons. The van der Waals surface area contributed by atoms with Crippen molar-refractivity contribution in [2.24, 2.45) is 5.92 Å². The fraction of sp³-hybridized carbons (Fsp3) is 0.714. The van der Waals surface area contributed by atoms with Gasteiger partial charge in [-0.1, -0.05) is 26.7 Å². The Morgan fingerprint density at radius 3 is 2.67 bits per heavy atom. The summed E-state index contributed by atoms with van der Waals surface area (Å²) in [5.74, 6) is 1.09. The van der Waals surface area contributed by atoms with E-state index in [-0.39, 0.29) is 11.6 Å². The third-order valence-corrected chi connectivity index (χ3v) is 3.93. The van der Waals surface area contributed by atoms with Crippen molar-refractivity contribution in [3.63, 3.8) is 0 Å². The summed E-state index contributed by atoms with van der Waals surface area (Å²) in [6.07, 6.45) is 7.99. The van der Waals surface area contributed by atoms with Gasteiger partial charge in [-0.2, -0.15) is 0 Å². The first-order valence-corrected chi connectivity index (χ1v) is 7.01. The summed E-state index contributed by atoms with van der Waals surface area (Å²) in [5.41, 5.74) is 0.0257. The Bertz CT molecular complexity index is 447. The molecule has 4 heteroatoms. The maximum absolute atomic E-state index is 12.2. The number of rotatable bonds is 6. The van der Waals surface area contributed by atoms with Gasteiger partial charge in [0.25, 0.3) is 5.56 Å². The van der Waals surface area contributed by atoms with E-state index in [0.29, 0.717) is 17.8 Å². The molecule has 1 N–H and O–H groups in total. The van der Waals surface area contributed by atoms with Crippen molar-refractivity contribution in [2.45, 2.75) is 58.5 Å². The van der Waals surface area contributed by atoms with E-state index in [1.165, 1.54) is 0 Å². The molecule has 1 atom stereocenters. The Balaban J connectivity index is 2.14. The third-order valence-electron chi connectivity index (χ3n) is 3.93. The lowest BCUT2D eigenvalue weighted by atomic mass is 9.95. The van der Waals surface area contributed by atoms with Gasteiger partial charge >= 0.3 is 0 Å². The second-order valence-electron chi connectivity index (χ2n) is 5.23. The molecule has 1 aliphatic rings. The van der Waals surface area contributed by atoms with Crippen molar-refractivity contribution in [1.82, 2.24) is 9.55 Å². The number of nitrogens with zero attached hydrogens (tertiary/aromatic N) is 2. The van der Waals surface area contributed by atoms with Gasteiger partial charge in [-0.3, -0.25) is 4.79 Å². The minimum Gasteiger partial charge on any atom is -0.363 e. The first-order valence-electron chi connectivity index (χ1n) is 7.01. The minimum absolute atomic E-state index is 0.0257. The Morgan fingerprint density at radius 1 is 1.44 bits per heavy atom. The van der Waals surface area contributed by atoms with Crippen LogP contribution in [0.1, 0.15) is 52.5 Å². The average molecular weight is 249 g/mol. The predicted molar refractivity (Wildman–Crippen MR) is 73.9 cm³/mol. The maximum Gasteiger partial charge on any atom is 0.293 e. The van der Waals surface area contributed by atoms with Gasteiger partial charge in [0.05, 0.1) is 0 Å². The van der Waals surface area contributed by atoms with Crippen LogP contribution in [-0.4, -0.2) is 15.6 Å². The summed E-state index contributed by atoms with van der Waals surface area (Å²) in [6, 6.07) is 0.694. The highest BCUT2D eigenvalue weighted by Crippen LogP contribution is 2.33. The highest BCUT2D eigenvalue weighted by Gasteiger charge is 2.25. The van der Waals surface area contributed by atoms with E-state index in [1.54, 1.807) is 12.4 Å². The van der Waals surface area contributed by atoms with Crippen LogP contribution in [0.25, 0.3) is 0 Å². The van der Waals surface area contributed by atoms with Crippen LogP contribution in [0.15, 0.2) is 17.2 Å². The van der Waals surface area contributed by atoms with Gasteiger partial charge < -0.3 is 9.88 Å². The van der Waals surface area contributed by atoms with Crippen molar-refractivity contribution in [2.75, 3.05) is 5.32 Å². The lowest BCUT2D eigenvalue weighted by Crippen LogP contribution is -2.31. The van der Waals surface area contributed by atoms with Gasteiger partial charge in [-0.25, -0.2) is 4.98 Å². The molecule has 1 aliphatic carbocycles. The summed E-state index contributed by atoms with van der Waals surface area (Å²) >= 11 is 0. The lowest BCUT2D eigenvalue weighted by molar-refractivity contribution is 0.436. The van der Waals surface area contributed by atoms with Gasteiger partial charge in [0.15, 0.2) is 5.82 Å². The summed E-state index contributed by atoms with van der Waals surface area (Å²) in [6.45, 7) is 6.51. The van der Waals surface area contributed by atoms with Crippen LogP contribution < -0.4 is 10.9 Å². The second-order valence-corrected chi connectivity index (χ2v) is 5.23. The topological polar surface area (TPSA) is 46.9 Å². The van der Waals surface area contributed by atoms with E-state index in [2.05, 4.69) is 31.1 Å². The SMILES string of the molecule is CCC(CC)C(C)Nc1nccn(C2CC2)c1=O. The molecular weight excluding hydrogens is 226 g/mol. The van der Waals surface area contributed by atoms with Crippen molar-refractivity contribution in [3.8, 4) is 0 Å². The second kappa shape index (κ2) is 5.55. The zero-order chi connectivity index (χ0) is 13.1. The molecule has 2 rings (SSSR count). The van der Waals surface area contributed by atoms with Gasteiger partial charge in [-0.15, -0.1) is 0 Å². The van der Waals surface area contributed by atoms with Gasteiger partial charge in [0.1, 0.15) is 0 Å². The van der Waals surface area contributed by atoms with Crippen LogP contribution in [0.2, 0.25) is 0 Å². The van der Waals surface area contributed by atoms with Gasteiger partial charge in [0, 0.05) is 24.5 Å². The largest absolute Gasteiger partial charge is 0.363 e. The Hall–Kier alpha value is -1.32. The van der Waals surface area contributed by atoms with Crippen molar-refractivity contribution >= 4 is 5.82 Å². The molecule has 0 spiro atoms. The summed E-state index contributed by atoms with van der Waals surface area (Å²) in [5, 5.41) is 3.29. The molecule has 0 amide bonds. The van der Waals surface area contributed by atoms with Crippen LogP contribution in [0.5, 0.6) is 0 Å². The molecule has 1 saturated carbocycles. The highest BCUT2D eigenvalue weighted by atomic mass is 16.1. The molecule has 0 aliphatic heterocycles. The van der Waals surface area contributed by atoms with Crippen LogP contribution in [0, 0.1) is 5.92 Å². The molecule has 1 unspecified atom stereocenters. The Labute approximate surface area is 108 Å². The van der Waals surface area contributed by atoms with Crippen LogP contribution >= 0.6 is 0 Å². The maximum atomic E-state index is 12.2. The molecule has 1 heterocycles. The van der Waals surface area contributed by atoms with E-state index >= 15 is 0 Å². The standard InChI is InChI=1S/C14H23N3O/c1-4-11(5-2)10(3)16-13-14(18)17(9-8-15-13)12-6-7-12/h8-12H,4-7H2,1-3H3,(H,15,16). The van der Waals surface area contributed by atoms with Crippen molar-refractivity contribution in [3.05, 3.63) is 22.7 Å². The number of hydrogen-bond donors (Lipinski definition) is 1. The van der Waals surface area contributed by atoms with Crippen LogP contribution in [0.3, 0.4) is 0 Å². The van der Waals surface area contributed by atoms with Gasteiger partial charge in [0.2, 0.25) is 0 Å². The first-order chi connectivity index (χ1) is 8.67. The van der Waals surface area contributed by atoms with E-state index in [9.17, 15) is 4.79 Å². The monoisotopic (exact) mass is 249 g/mol. The van der Waals surface area contributed by atoms with E-state index < -0.39 is 0 Å². The molecule has 1 aromatic heterocycles. The first kappa shape index (κ1) is 13.1. The summed E-state index contributed by atoms with van der Waals surface area (Å²) < 4.78 is 1.81. The Kier molecular flexibility index (Phi) is 4.04. The minimum atomic E-state index is 0.0257. The molecular formula is C14H23N3O. The number of nitrogens with one attached hydrogen (secondary N) is 1. The Morgan fingerprint density at radius 2 is 2.11 bits per heavy atom. The van der Waals surface area contributed by atoms with E-state index in [0.717, 1.165) is 25.7 Å². The van der Waals surface area contributed by atoms with Gasteiger partial charge in [-0.05, 0) is 25.7 Å². The molecule has 18 heavy (non-hydrogen) atoms. The van der Waals surface area contributed by atoms with E-state index in [4.69, 9.17) is 0 Å². The normalized spacial score (nSPS) is 16.9. The molecule has 0 bridgehead atoms. The quantitative estimate of drug-likeness (QED) is 0.843. The number of hydrogen-bond acceptors (Lipinski definition) is 3. The van der Waals surface area contributed by atoms with Crippen LogP contribution in [-0.2, 0) is 0 Å². The zero-order valence-corrected chi connectivity index (χ0v) is 11.5.